The zero-order chi connectivity index (χ0) is 15.7. The molecule has 0 aromatic heterocycles. The van der Waals surface area contributed by atoms with Crippen LogP contribution in [-0.4, -0.2) is 40.2 Å². The number of hydrogen-bond donors (Lipinski definition) is 1. The minimum absolute atomic E-state index is 0.392. The number of alkyl halides is 3. The van der Waals surface area contributed by atoms with Crippen LogP contribution < -0.4 is 14.8 Å². The van der Waals surface area contributed by atoms with Gasteiger partial charge in [-0.3, -0.25) is 0 Å². The van der Waals surface area contributed by atoms with Crippen LogP contribution in [0.4, 0.5) is 13.2 Å². The largest absolute Gasteiger partial charge is 0.497 e. The molecule has 1 aromatic rings. The van der Waals surface area contributed by atoms with Gasteiger partial charge in [0, 0.05) is 31.8 Å². The number of nitrogens with one attached hydrogen (secondary N) is 1. The molecule has 0 radical (unpaired) electrons. The Morgan fingerprint density at radius 2 is 1.90 bits per heavy atom. The molecule has 0 atom stereocenters. The number of benzene rings is 1. The molecule has 0 spiro atoms. The van der Waals surface area contributed by atoms with Crippen LogP contribution in [0.1, 0.15) is 12.0 Å². The molecule has 0 aliphatic heterocycles. The summed E-state index contributed by atoms with van der Waals surface area (Å²) in [6.07, 6.45) is -5.21. The highest BCUT2D eigenvalue weighted by Crippen LogP contribution is 2.26. The molecule has 0 fully saturated rings. The quantitative estimate of drug-likeness (QED) is 0.712. The van der Waals surface area contributed by atoms with Gasteiger partial charge in [0.05, 0.1) is 26.7 Å². The summed E-state index contributed by atoms with van der Waals surface area (Å²) in [5, 5.41) is 3.12. The Bertz CT molecular complexity index is 424. The second-order valence-corrected chi connectivity index (χ2v) is 4.36. The number of methoxy groups -OCH3 is 2. The van der Waals surface area contributed by atoms with Crippen molar-refractivity contribution in [1.82, 2.24) is 5.32 Å². The Morgan fingerprint density at radius 3 is 2.52 bits per heavy atom. The standard InChI is InChI=1S/C14H20F3NO3/c1-19-8-6-18-10-11-3-4-12(20-2)9-13(11)21-7-5-14(15,16)17/h3-4,9,18H,5-8,10H2,1-2H3. The first kappa shape index (κ1) is 17.6. The predicted molar refractivity (Wildman–Crippen MR) is 72.7 cm³/mol. The minimum atomic E-state index is -4.23. The summed E-state index contributed by atoms with van der Waals surface area (Å²) < 4.78 is 51.7. The third-order valence-electron chi connectivity index (χ3n) is 2.72. The van der Waals surface area contributed by atoms with Crippen LogP contribution in [0.2, 0.25) is 0 Å². The van der Waals surface area contributed by atoms with E-state index in [-0.39, 0.29) is 0 Å². The molecule has 0 saturated carbocycles. The minimum Gasteiger partial charge on any atom is -0.497 e. The summed E-state index contributed by atoms with van der Waals surface area (Å²) in [4.78, 5) is 0. The lowest BCUT2D eigenvalue weighted by molar-refractivity contribution is -0.139. The second kappa shape index (κ2) is 8.74. The molecular weight excluding hydrogens is 287 g/mol. The summed E-state index contributed by atoms with van der Waals surface area (Å²) >= 11 is 0. The molecule has 1 rings (SSSR count). The SMILES string of the molecule is COCCNCc1ccc(OC)cc1OCCC(F)(F)F. The van der Waals surface area contributed by atoms with Crippen molar-refractivity contribution < 1.29 is 27.4 Å². The topological polar surface area (TPSA) is 39.7 Å². The van der Waals surface area contributed by atoms with Crippen LogP contribution in [0.3, 0.4) is 0 Å². The number of halogens is 3. The molecule has 0 aliphatic carbocycles. The predicted octanol–water partition coefficient (Wildman–Crippen LogP) is 2.76. The Labute approximate surface area is 122 Å². The Kier molecular flexibility index (Phi) is 7.31. The fraction of sp³-hybridized carbons (Fsp3) is 0.571. The van der Waals surface area contributed by atoms with E-state index in [1.807, 2.05) is 0 Å². The van der Waals surface area contributed by atoms with Crippen molar-refractivity contribution in [3.8, 4) is 11.5 Å². The van der Waals surface area contributed by atoms with Crippen LogP contribution in [0.15, 0.2) is 18.2 Å². The number of hydrogen-bond acceptors (Lipinski definition) is 4. The van der Waals surface area contributed by atoms with Gasteiger partial charge in [0.1, 0.15) is 11.5 Å². The molecule has 1 aromatic carbocycles. The average Bonchev–Trinajstić information content (AvgIpc) is 2.43. The monoisotopic (exact) mass is 307 g/mol. The van der Waals surface area contributed by atoms with E-state index in [1.165, 1.54) is 7.11 Å². The van der Waals surface area contributed by atoms with E-state index < -0.39 is 19.2 Å². The van der Waals surface area contributed by atoms with Crippen molar-refractivity contribution in [3.63, 3.8) is 0 Å². The molecule has 0 heterocycles. The molecule has 0 aliphatic rings. The lowest BCUT2D eigenvalue weighted by atomic mass is 10.2. The van der Waals surface area contributed by atoms with Gasteiger partial charge >= 0.3 is 6.18 Å². The van der Waals surface area contributed by atoms with Crippen molar-refractivity contribution >= 4 is 0 Å². The van der Waals surface area contributed by atoms with Gasteiger partial charge in [-0.05, 0) is 6.07 Å². The zero-order valence-corrected chi connectivity index (χ0v) is 12.1. The van der Waals surface area contributed by atoms with E-state index in [4.69, 9.17) is 14.2 Å². The number of ether oxygens (including phenoxy) is 3. The van der Waals surface area contributed by atoms with E-state index in [2.05, 4.69) is 5.32 Å². The summed E-state index contributed by atoms with van der Waals surface area (Å²) in [6.45, 7) is 1.27. The van der Waals surface area contributed by atoms with Crippen LogP contribution in [0, 0.1) is 0 Å². The smallest absolute Gasteiger partial charge is 0.392 e. The summed E-state index contributed by atoms with van der Waals surface area (Å²) in [5.74, 6) is 0.932. The van der Waals surface area contributed by atoms with Crippen molar-refractivity contribution in [1.29, 1.82) is 0 Å². The van der Waals surface area contributed by atoms with E-state index in [1.54, 1.807) is 25.3 Å². The van der Waals surface area contributed by atoms with Crippen molar-refractivity contribution in [3.05, 3.63) is 23.8 Å². The van der Waals surface area contributed by atoms with Crippen LogP contribution >= 0.6 is 0 Å². The van der Waals surface area contributed by atoms with E-state index in [0.717, 1.165) is 5.56 Å². The highest BCUT2D eigenvalue weighted by Gasteiger charge is 2.27. The first-order valence-electron chi connectivity index (χ1n) is 6.52. The normalized spacial score (nSPS) is 11.5. The van der Waals surface area contributed by atoms with Gasteiger partial charge in [-0.25, -0.2) is 0 Å². The average molecular weight is 307 g/mol. The van der Waals surface area contributed by atoms with Gasteiger partial charge in [-0.1, -0.05) is 6.07 Å². The molecule has 0 unspecified atom stereocenters. The van der Waals surface area contributed by atoms with E-state index in [0.29, 0.717) is 31.2 Å². The highest BCUT2D eigenvalue weighted by atomic mass is 19.4. The third-order valence-corrected chi connectivity index (χ3v) is 2.72. The molecular formula is C14H20F3NO3. The summed E-state index contributed by atoms with van der Waals surface area (Å²) in [6, 6.07) is 5.09. The second-order valence-electron chi connectivity index (χ2n) is 4.36. The maximum Gasteiger partial charge on any atom is 0.392 e. The van der Waals surface area contributed by atoms with Gasteiger partial charge in [0.15, 0.2) is 0 Å². The van der Waals surface area contributed by atoms with Gasteiger partial charge in [0.25, 0.3) is 0 Å². The molecule has 0 amide bonds. The van der Waals surface area contributed by atoms with Gasteiger partial charge in [-0.2, -0.15) is 13.2 Å². The molecule has 120 valence electrons. The van der Waals surface area contributed by atoms with Gasteiger partial charge < -0.3 is 19.5 Å². The van der Waals surface area contributed by atoms with Gasteiger partial charge in [-0.15, -0.1) is 0 Å². The van der Waals surface area contributed by atoms with E-state index in [9.17, 15) is 13.2 Å². The van der Waals surface area contributed by atoms with Crippen molar-refractivity contribution in [2.24, 2.45) is 0 Å². The van der Waals surface area contributed by atoms with Crippen molar-refractivity contribution in [2.75, 3.05) is 34.0 Å². The fourth-order valence-corrected chi connectivity index (χ4v) is 1.62. The molecule has 1 N–H and O–H groups in total. The first-order chi connectivity index (χ1) is 9.96. The van der Waals surface area contributed by atoms with Crippen LogP contribution in [0.25, 0.3) is 0 Å². The van der Waals surface area contributed by atoms with Crippen molar-refractivity contribution in [2.45, 2.75) is 19.1 Å². The summed E-state index contributed by atoms with van der Waals surface area (Å²) in [7, 11) is 3.09. The fourth-order valence-electron chi connectivity index (χ4n) is 1.62. The Hall–Kier alpha value is -1.47. The zero-order valence-electron chi connectivity index (χ0n) is 12.1. The third kappa shape index (κ3) is 7.19. The number of rotatable bonds is 9. The van der Waals surface area contributed by atoms with Crippen LogP contribution in [-0.2, 0) is 11.3 Å². The maximum atomic E-state index is 12.2. The lowest BCUT2D eigenvalue weighted by Crippen LogP contribution is -2.19. The Morgan fingerprint density at radius 1 is 1.14 bits per heavy atom. The van der Waals surface area contributed by atoms with Gasteiger partial charge in [0.2, 0.25) is 0 Å². The maximum absolute atomic E-state index is 12.2. The molecule has 4 nitrogen and oxygen atoms in total. The first-order valence-corrected chi connectivity index (χ1v) is 6.52. The summed E-state index contributed by atoms with van der Waals surface area (Å²) in [5.41, 5.74) is 0.772. The molecule has 0 bridgehead atoms. The molecule has 0 saturated heterocycles. The molecule has 21 heavy (non-hydrogen) atoms. The van der Waals surface area contributed by atoms with Crippen LogP contribution in [0.5, 0.6) is 11.5 Å². The Balaban J connectivity index is 2.63. The van der Waals surface area contributed by atoms with E-state index >= 15 is 0 Å². The lowest BCUT2D eigenvalue weighted by Gasteiger charge is -2.14. The molecule has 7 heteroatoms. The highest BCUT2D eigenvalue weighted by molar-refractivity contribution is 5.40.